The summed E-state index contributed by atoms with van der Waals surface area (Å²) in [6.45, 7) is 23.5. The van der Waals surface area contributed by atoms with E-state index in [0.29, 0.717) is 0 Å². The molecule has 0 aliphatic heterocycles. The SMILES string of the molecule is CCCCn1c(-c2c(C)cc(C)cc2C)nc2c(Nc3cc(C(C)(C)C)cc(C(C)(C)C)c3)cccc21. The summed E-state index contributed by atoms with van der Waals surface area (Å²) >= 11 is 0. The Morgan fingerprint density at radius 3 is 1.95 bits per heavy atom. The molecule has 3 heteroatoms. The van der Waals surface area contributed by atoms with Gasteiger partial charge in [-0.1, -0.05) is 84.7 Å². The summed E-state index contributed by atoms with van der Waals surface area (Å²) in [7, 11) is 0. The predicted molar refractivity (Wildman–Crippen MR) is 161 cm³/mol. The minimum Gasteiger partial charge on any atom is -0.354 e. The zero-order valence-electron chi connectivity index (χ0n) is 24.6. The highest BCUT2D eigenvalue weighted by molar-refractivity contribution is 5.93. The number of fused-ring (bicyclic) bond motifs is 1. The molecule has 0 fully saturated rings. The van der Waals surface area contributed by atoms with Crippen LogP contribution in [0.3, 0.4) is 0 Å². The van der Waals surface area contributed by atoms with Gasteiger partial charge in [-0.3, -0.25) is 0 Å². The van der Waals surface area contributed by atoms with Crippen molar-refractivity contribution < 1.29 is 0 Å². The number of para-hydroxylation sites is 1. The quantitative estimate of drug-likeness (QED) is 0.288. The lowest BCUT2D eigenvalue weighted by atomic mass is 9.80. The van der Waals surface area contributed by atoms with Crippen LogP contribution in [0.5, 0.6) is 0 Å². The second-order valence-electron chi connectivity index (χ2n) is 12.8. The Bertz CT molecular complexity index is 1370. The molecular weight excluding hydrogens is 450 g/mol. The lowest BCUT2D eigenvalue weighted by Gasteiger charge is -2.26. The molecule has 3 nitrogen and oxygen atoms in total. The van der Waals surface area contributed by atoms with Crippen LogP contribution >= 0.6 is 0 Å². The molecule has 0 aliphatic rings. The number of imidazole rings is 1. The van der Waals surface area contributed by atoms with Crippen molar-refractivity contribution in [1.82, 2.24) is 9.55 Å². The maximum atomic E-state index is 5.33. The maximum Gasteiger partial charge on any atom is 0.141 e. The van der Waals surface area contributed by atoms with E-state index in [2.05, 4.69) is 128 Å². The van der Waals surface area contributed by atoms with Crippen molar-refractivity contribution in [2.75, 3.05) is 5.32 Å². The zero-order valence-corrected chi connectivity index (χ0v) is 24.6. The summed E-state index contributed by atoms with van der Waals surface area (Å²) in [5.74, 6) is 1.08. The molecule has 0 saturated carbocycles. The van der Waals surface area contributed by atoms with Crippen molar-refractivity contribution in [2.24, 2.45) is 0 Å². The van der Waals surface area contributed by atoms with Crippen LogP contribution in [-0.4, -0.2) is 9.55 Å². The van der Waals surface area contributed by atoms with Crippen molar-refractivity contribution >= 4 is 22.4 Å². The monoisotopic (exact) mass is 495 g/mol. The van der Waals surface area contributed by atoms with Crippen molar-refractivity contribution in [3.63, 3.8) is 0 Å². The first-order chi connectivity index (χ1) is 17.3. The Kier molecular flexibility index (Phi) is 7.29. The average Bonchev–Trinajstić information content (AvgIpc) is 3.14. The Morgan fingerprint density at radius 2 is 1.41 bits per heavy atom. The van der Waals surface area contributed by atoms with Gasteiger partial charge in [-0.25, -0.2) is 4.98 Å². The summed E-state index contributed by atoms with van der Waals surface area (Å²) in [4.78, 5) is 5.33. The number of unbranched alkanes of at least 4 members (excludes halogenated alkanes) is 1. The number of benzene rings is 3. The molecule has 1 aromatic heterocycles. The van der Waals surface area contributed by atoms with Crippen LogP contribution in [-0.2, 0) is 17.4 Å². The third-order valence-electron chi connectivity index (χ3n) is 7.36. The molecular formula is C34H45N3. The minimum atomic E-state index is 0.0685. The van der Waals surface area contributed by atoms with Gasteiger partial charge >= 0.3 is 0 Å². The molecule has 0 radical (unpaired) electrons. The molecule has 0 amide bonds. The van der Waals surface area contributed by atoms with E-state index >= 15 is 0 Å². The highest BCUT2D eigenvalue weighted by atomic mass is 15.1. The van der Waals surface area contributed by atoms with Crippen molar-refractivity contribution in [1.29, 1.82) is 0 Å². The van der Waals surface area contributed by atoms with E-state index in [-0.39, 0.29) is 10.8 Å². The van der Waals surface area contributed by atoms with Crippen LogP contribution in [0, 0.1) is 20.8 Å². The van der Waals surface area contributed by atoms with Crippen LogP contribution in [0.1, 0.15) is 89.1 Å². The van der Waals surface area contributed by atoms with Gasteiger partial charge in [0.25, 0.3) is 0 Å². The normalized spacial score (nSPS) is 12.4. The van der Waals surface area contributed by atoms with E-state index in [1.54, 1.807) is 0 Å². The molecule has 0 spiro atoms. The molecule has 0 aliphatic carbocycles. The Hall–Kier alpha value is -3.07. The number of hydrogen-bond donors (Lipinski definition) is 1. The minimum absolute atomic E-state index is 0.0685. The molecule has 196 valence electrons. The number of nitrogens with one attached hydrogen (secondary N) is 1. The fourth-order valence-corrected chi connectivity index (χ4v) is 5.24. The van der Waals surface area contributed by atoms with E-state index in [9.17, 15) is 0 Å². The Morgan fingerprint density at radius 1 is 0.811 bits per heavy atom. The summed E-state index contributed by atoms with van der Waals surface area (Å²) in [6.07, 6.45) is 2.28. The van der Waals surface area contributed by atoms with Crippen LogP contribution in [0.2, 0.25) is 0 Å². The van der Waals surface area contributed by atoms with Crippen molar-refractivity contribution in [2.45, 2.75) is 99.5 Å². The number of anilines is 2. The predicted octanol–water partition coefficient (Wildman–Crippen LogP) is 9.77. The first-order valence-corrected chi connectivity index (χ1v) is 13.8. The second kappa shape index (κ2) is 10.0. The van der Waals surface area contributed by atoms with E-state index in [1.807, 2.05) is 0 Å². The molecule has 4 rings (SSSR count). The van der Waals surface area contributed by atoms with Gasteiger partial charge in [-0.05, 0) is 84.5 Å². The molecule has 1 N–H and O–H groups in total. The Balaban J connectivity index is 1.90. The van der Waals surface area contributed by atoms with Gasteiger partial charge in [-0.2, -0.15) is 0 Å². The Labute approximate surface area is 224 Å². The number of aryl methyl sites for hydroxylation is 4. The summed E-state index contributed by atoms with van der Waals surface area (Å²) < 4.78 is 2.43. The van der Waals surface area contributed by atoms with Gasteiger partial charge in [-0.15, -0.1) is 0 Å². The number of hydrogen-bond acceptors (Lipinski definition) is 2. The van der Waals surface area contributed by atoms with Gasteiger partial charge in [0.2, 0.25) is 0 Å². The van der Waals surface area contributed by atoms with Gasteiger partial charge in [0, 0.05) is 17.8 Å². The van der Waals surface area contributed by atoms with Gasteiger partial charge in [0.05, 0.1) is 11.2 Å². The molecule has 0 bridgehead atoms. The first-order valence-electron chi connectivity index (χ1n) is 13.8. The molecule has 0 unspecified atom stereocenters. The molecule has 3 aromatic carbocycles. The summed E-state index contributed by atoms with van der Waals surface area (Å²) in [5.41, 5.74) is 12.4. The lowest BCUT2D eigenvalue weighted by Crippen LogP contribution is -2.16. The van der Waals surface area contributed by atoms with E-state index in [1.165, 1.54) is 38.9 Å². The fraction of sp³-hybridized carbons (Fsp3) is 0.441. The van der Waals surface area contributed by atoms with E-state index in [4.69, 9.17) is 4.98 Å². The van der Waals surface area contributed by atoms with Crippen molar-refractivity contribution in [3.05, 3.63) is 76.3 Å². The second-order valence-corrected chi connectivity index (χ2v) is 12.8. The topological polar surface area (TPSA) is 29.9 Å². The highest BCUT2D eigenvalue weighted by Gasteiger charge is 2.22. The third-order valence-corrected chi connectivity index (χ3v) is 7.36. The van der Waals surface area contributed by atoms with Crippen LogP contribution < -0.4 is 5.32 Å². The molecule has 0 saturated heterocycles. The van der Waals surface area contributed by atoms with Crippen LogP contribution in [0.15, 0.2) is 48.5 Å². The molecule has 0 atom stereocenters. The molecule has 1 heterocycles. The lowest BCUT2D eigenvalue weighted by molar-refractivity contribution is 0.569. The number of nitrogens with zero attached hydrogens (tertiary/aromatic N) is 2. The average molecular weight is 496 g/mol. The zero-order chi connectivity index (χ0) is 27.1. The van der Waals surface area contributed by atoms with Gasteiger partial charge < -0.3 is 9.88 Å². The van der Waals surface area contributed by atoms with Gasteiger partial charge in [0.1, 0.15) is 11.3 Å². The molecule has 37 heavy (non-hydrogen) atoms. The highest BCUT2D eigenvalue weighted by Crippen LogP contribution is 2.37. The summed E-state index contributed by atoms with van der Waals surface area (Å²) in [5, 5.41) is 3.78. The maximum absolute atomic E-state index is 5.33. The molecule has 4 aromatic rings. The van der Waals surface area contributed by atoms with E-state index in [0.717, 1.165) is 42.1 Å². The number of aromatic nitrogens is 2. The third kappa shape index (κ3) is 5.61. The largest absolute Gasteiger partial charge is 0.354 e. The fourth-order valence-electron chi connectivity index (χ4n) is 5.24. The van der Waals surface area contributed by atoms with Crippen LogP contribution in [0.25, 0.3) is 22.4 Å². The van der Waals surface area contributed by atoms with Crippen molar-refractivity contribution in [3.8, 4) is 11.4 Å². The standard InChI is InChI=1S/C34H45N3/c1-11-12-16-37-29-15-13-14-28(31(29)36-32(37)30-23(3)17-22(2)18-24(30)4)35-27-20-25(33(5,6)7)19-26(21-27)34(8,9)10/h13-15,17-21,35H,11-12,16H2,1-10H3. The smallest absolute Gasteiger partial charge is 0.141 e. The first kappa shape index (κ1) is 27.0. The van der Waals surface area contributed by atoms with E-state index < -0.39 is 0 Å². The number of rotatable bonds is 6. The summed E-state index contributed by atoms with van der Waals surface area (Å²) in [6, 6.07) is 18.1. The van der Waals surface area contributed by atoms with Gasteiger partial charge in [0.15, 0.2) is 0 Å². The van der Waals surface area contributed by atoms with Crippen LogP contribution in [0.4, 0.5) is 11.4 Å².